The van der Waals surface area contributed by atoms with Gasteiger partial charge in [-0.05, 0) is 38.5 Å². The molecule has 16 heavy (non-hydrogen) atoms. The predicted molar refractivity (Wildman–Crippen MR) is 63.3 cm³/mol. The lowest BCUT2D eigenvalue weighted by Gasteiger charge is -2.25. The molecule has 0 radical (unpaired) electrons. The summed E-state index contributed by atoms with van der Waals surface area (Å²) in [4.78, 5) is 0. The second kappa shape index (κ2) is 5.34. The van der Waals surface area contributed by atoms with Crippen LogP contribution in [0.4, 0.5) is 0 Å². The fraction of sp³-hybridized carbons (Fsp3) is 0.750. The number of rotatable bonds is 4. The average molecular weight is 223 g/mol. The van der Waals surface area contributed by atoms with Crippen molar-refractivity contribution in [2.45, 2.75) is 45.2 Å². The first-order chi connectivity index (χ1) is 7.78. The molecule has 0 amide bonds. The van der Waals surface area contributed by atoms with Crippen molar-refractivity contribution in [3.63, 3.8) is 0 Å². The van der Waals surface area contributed by atoms with Crippen LogP contribution in [0.3, 0.4) is 0 Å². The normalized spacial score (nSPS) is 25.6. The number of aromatic nitrogens is 2. The van der Waals surface area contributed by atoms with Crippen molar-refractivity contribution in [1.29, 1.82) is 0 Å². The van der Waals surface area contributed by atoms with E-state index in [-0.39, 0.29) is 0 Å². The van der Waals surface area contributed by atoms with Crippen LogP contribution >= 0.6 is 0 Å². The molecule has 2 rings (SSSR count). The molecule has 0 atom stereocenters. The fourth-order valence-corrected chi connectivity index (χ4v) is 2.32. The average Bonchev–Trinajstić information content (AvgIpc) is 2.70. The van der Waals surface area contributed by atoms with Crippen molar-refractivity contribution in [3.05, 3.63) is 12.4 Å². The maximum absolute atomic E-state index is 5.89. The van der Waals surface area contributed by atoms with E-state index in [1.165, 1.54) is 12.8 Å². The molecule has 0 saturated heterocycles. The van der Waals surface area contributed by atoms with Gasteiger partial charge in [0.25, 0.3) is 0 Å². The molecule has 1 aromatic heterocycles. The molecule has 0 aliphatic heterocycles. The van der Waals surface area contributed by atoms with Crippen LogP contribution in [-0.4, -0.2) is 22.4 Å². The van der Waals surface area contributed by atoms with E-state index >= 15 is 0 Å². The van der Waals surface area contributed by atoms with Crippen LogP contribution in [0, 0.1) is 5.92 Å². The molecule has 0 spiro atoms. The standard InChI is InChI=1S/C12H21N3O/c1-2-16-12-7-14-15(9-12)8-10-3-5-11(13)6-4-10/h7,9-11H,2-6,8,13H2,1H3. The number of hydrogen-bond acceptors (Lipinski definition) is 3. The van der Waals surface area contributed by atoms with Crippen molar-refractivity contribution in [2.75, 3.05) is 6.61 Å². The number of ether oxygens (including phenoxy) is 1. The highest BCUT2D eigenvalue weighted by Crippen LogP contribution is 2.24. The molecule has 0 unspecified atom stereocenters. The zero-order chi connectivity index (χ0) is 11.4. The minimum atomic E-state index is 0.424. The zero-order valence-corrected chi connectivity index (χ0v) is 9.93. The summed E-state index contributed by atoms with van der Waals surface area (Å²) in [6.45, 7) is 3.68. The molecular formula is C12H21N3O. The molecule has 1 aromatic rings. The topological polar surface area (TPSA) is 53.1 Å². The van der Waals surface area contributed by atoms with E-state index in [4.69, 9.17) is 10.5 Å². The lowest BCUT2D eigenvalue weighted by Crippen LogP contribution is -2.28. The van der Waals surface area contributed by atoms with Gasteiger partial charge in [-0.25, -0.2) is 0 Å². The molecule has 4 nitrogen and oxygen atoms in total. The maximum atomic E-state index is 5.89. The largest absolute Gasteiger partial charge is 0.491 e. The van der Waals surface area contributed by atoms with Gasteiger partial charge in [0.2, 0.25) is 0 Å². The lowest BCUT2D eigenvalue weighted by molar-refractivity contribution is 0.285. The van der Waals surface area contributed by atoms with E-state index in [9.17, 15) is 0 Å². The van der Waals surface area contributed by atoms with E-state index in [1.807, 2.05) is 17.8 Å². The van der Waals surface area contributed by atoms with Crippen LogP contribution in [0.1, 0.15) is 32.6 Å². The Morgan fingerprint density at radius 3 is 2.88 bits per heavy atom. The van der Waals surface area contributed by atoms with Gasteiger partial charge in [0.1, 0.15) is 0 Å². The van der Waals surface area contributed by atoms with E-state index in [2.05, 4.69) is 5.10 Å². The molecule has 0 aromatic carbocycles. The summed E-state index contributed by atoms with van der Waals surface area (Å²) in [6, 6.07) is 0.424. The van der Waals surface area contributed by atoms with Crippen LogP contribution in [0.2, 0.25) is 0 Å². The van der Waals surface area contributed by atoms with Crippen LogP contribution in [0.25, 0.3) is 0 Å². The van der Waals surface area contributed by atoms with Crippen LogP contribution < -0.4 is 10.5 Å². The number of hydrogen-bond donors (Lipinski definition) is 1. The molecular weight excluding hydrogens is 202 g/mol. The summed E-state index contributed by atoms with van der Waals surface area (Å²) >= 11 is 0. The highest BCUT2D eigenvalue weighted by Gasteiger charge is 2.19. The Labute approximate surface area is 96.8 Å². The van der Waals surface area contributed by atoms with E-state index in [0.717, 1.165) is 31.1 Å². The molecule has 1 heterocycles. The van der Waals surface area contributed by atoms with Gasteiger partial charge in [-0.2, -0.15) is 5.10 Å². The van der Waals surface area contributed by atoms with Gasteiger partial charge in [0.15, 0.2) is 5.75 Å². The van der Waals surface area contributed by atoms with E-state index < -0.39 is 0 Å². The minimum Gasteiger partial charge on any atom is -0.491 e. The van der Waals surface area contributed by atoms with Gasteiger partial charge in [0, 0.05) is 12.6 Å². The Morgan fingerprint density at radius 1 is 1.44 bits per heavy atom. The number of nitrogens with two attached hydrogens (primary N) is 1. The predicted octanol–water partition coefficient (Wildman–Crippen LogP) is 1.80. The third kappa shape index (κ3) is 2.98. The monoisotopic (exact) mass is 223 g/mol. The molecule has 1 aliphatic rings. The zero-order valence-electron chi connectivity index (χ0n) is 9.93. The lowest BCUT2D eigenvalue weighted by atomic mass is 9.86. The maximum Gasteiger partial charge on any atom is 0.157 e. The van der Waals surface area contributed by atoms with Crippen molar-refractivity contribution in [2.24, 2.45) is 11.7 Å². The Hall–Kier alpha value is -1.03. The molecule has 0 bridgehead atoms. The van der Waals surface area contributed by atoms with Gasteiger partial charge < -0.3 is 10.5 Å². The van der Waals surface area contributed by atoms with Crippen LogP contribution in [-0.2, 0) is 6.54 Å². The Balaban J connectivity index is 1.83. The van der Waals surface area contributed by atoms with Crippen molar-refractivity contribution in [3.8, 4) is 5.75 Å². The van der Waals surface area contributed by atoms with Gasteiger partial charge >= 0.3 is 0 Å². The Kier molecular flexibility index (Phi) is 3.83. The number of nitrogens with zero attached hydrogens (tertiary/aromatic N) is 2. The quantitative estimate of drug-likeness (QED) is 0.846. The fourth-order valence-electron chi connectivity index (χ4n) is 2.32. The third-order valence-electron chi connectivity index (χ3n) is 3.26. The van der Waals surface area contributed by atoms with Crippen molar-refractivity contribution >= 4 is 0 Å². The summed E-state index contributed by atoms with van der Waals surface area (Å²) in [5.74, 6) is 1.60. The molecule has 4 heteroatoms. The molecule has 90 valence electrons. The summed E-state index contributed by atoms with van der Waals surface area (Å²) < 4.78 is 7.38. The second-order valence-electron chi connectivity index (χ2n) is 4.61. The smallest absolute Gasteiger partial charge is 0.157 e. The molecule has 1 aliphatic carbocycles. The molecule has 1 saturated carbocycles. The second-order valence-corrected chi connectivity index (χ2v) is 4.61. The van der Waals surface area contributed by atoms with Crippen LogP contribution in [0.15, 0.2) is 12.4 Å². The third-order valence-corrected chi connectivity index (χ3v) is 3.26. The van der Waals surface area contributed by atoms with E-state index in [1.54, 1.807) is 6.20 Å². The first-order valence-electron chi connectivity index (χ1n) is 6.18. The van der Waals surface area contributed by atoms with Gasteiger partial charge in [-0.3, -0.25) is 4.68 Å². The highest BCUT2D eigenvalue weighted by atomic mass is 16.5. The van der Waals surface area contributed by atoms with Crippen LogP contribution in [0.5, 0.6) is 5.75 Å². The highest BCUT2D eigenvalue weighted by molar-refractivity contribution is 5.11. The SMILES string of the molecule is CCOc1cnn(CC2CCC(N)CC2)c1. The summed E-state index contributed by atoms with van der Waals surface area (Å²) in [6.07, 6.45) is 8.54. The van der Waals surface area contributed by atoms with Crippen molar-refractivity contribution < 1.29 is 4.74 Å². The van der Waals surface area contributed by atoms with Gasteiger partial charge in [-0.15, -0.1) is 0 Å². The first-order valence-corrected chi connectivity index (χ1v) is 6.18. The minimum absolute atomic E-state index is 0.424. The Bertz CT molecular complexity index is 316. The first kappa shape index (κ1) is 11.5. The summed E-state index contributed by atoms with van der Waals surface area (Å²) in [7, 11) is 0. The Morgan fingerprint density at radius 2 is 2.19 bits per heavy atom. The summed E-state index contributed by atoms with van der Waals surface area (Å²) in [5, 5.41) is 4.31. The van der Waals surface area contributed by atoms with Crippen molar-refractivity contribution in [1.82, 2.24) is 9.78 Å². The summed E-state index contributed by atoms with van der Waals surface area (Å²) in [5.41, 5.74) is 5.89. The molecule has 2 N–H and O–H groups in total. The molecule has 1 fully saturated rings. The van der Waals surface area contributed by atoms with Gasteiger partial charge in [-0.1, -0.05) is 0 Å². The van der Waals surface area contributed by atoms with Gasteiger partial charge in [0.05, 0.1) is 19.0 Å². The van der Waals surface area contributed by atoms with E-state index in [0.29, 0.717) is 12.6 Å².